The molecule has 1 amide bonds. The summed E-state index contributed by atoms with van der Waals surface area (Å²) in [5.41, 5.74) is 5.36. The van der Waals surface area contributed by atoms with Crippen LogP contribution in [0.5, 0.6) is 0 Å². The van der Waals surface area contributed by atoms with Crippen LogP contribution in [0.3, 0.4) is 0 Å². The molecule has 0 aliphatic heterocycles. The van der Waals surface area contributed by atoms with Gasteiger partial charge in [0.1, 0.15) is 0 Å². The maximum absolute atomic E-state index is 12.7. The Bertz CT molecular complexity index is 373. The highest BCUT2D eigenvalue weighted by molar-refractivity contribution is 5.91. The molecule has 0 heterocycles. The summed E-state index contributed by atoms with van der Waals surface area (Å²) in [4.78, 5) is 25.1. The lowest BCUT2D eigenvalue weighted by Crippen LogP contribution is -2.57. The van der Waals surface area contributed by atoms with Crippen molar-refractivity contribution in [2.75, 3.05) is 6.54 Å². The van der Waals surface area contributed by atoms with Crippen LogP contribution in [0, 0.1) is 11.8 Å². The Morgan fingerprint density at radius 1 is 1.04 bits per heavy atom. The van der Waals surface area contributed by atoms with Crippen molar-refractivity contribution >= 4 is 11.7 Å². The van der Waals surface area contributed by atoms with Gasteiger partial charge in [-0.3, -0.25) is 9.59 Å². The summed E-state index contributed by atoms with van der Waals surface area (Å²) in [6, 6.07) is -0.732. The Hall–Kier alpha value is -0.940. The average Bonchev–Trinajstić information content (AvgIpc) is 2.41. The number of nitrogens with one attached hydrogen (secondary N) is 2. The van der Waals surface area contributed by atoms with Gasteiger partial charge in [-0.1, -0.05) is 27.7 Å². The van der Waals surface area contributed by atoms with E-state index in [2.05, 4.69) is 10.6 Å². The molecule has 0 aliphatic rings. The van der Waals surface area contributed by atoms with Crippen LogP contribution in [0.2, 0.25) is 0 Å². The number of unbranched alkanes of at least 4 members (excludes halogenated alkanes) is 1. The van der Waals surface area contributed by atoms with Gasteiger partial charge in [-0.05, 0) is 52.5 Å². The van der Waals surface area contributed by atoms with Gasteiger partial charge >= 0.3 is 0 Å². The highest BCUT2D eigenvalue weighted by Gasteiger charge is 2.30. The number of hydrogen-bond donors (Lipinski definition) is 3. The predicted molar refractivity (Wildman–Crippen MR) is 96.2 cm³/mol. The second-order valence-corrected chi connectivity index (χ2v) is 8.02. The second kappa shape index (κ2) is 10.0. The normalized spacial score (nSPS) is 14.9. The molecular formula is C18H37N3O2. The van der Waals surface area contributed by atoms with Gasteiger partial charge in [0.2, 0.25) is 5.91 Å². The molecule has 0 rings (SSSR count). The van der Waals surface area contributed by atoms with Crippen molar-refractivity contribution in [1.29, 1.82) is 0 Å². The van der Waals surface area contributed by atoms with Crippen molar-refractivity contribution < 1.29 is 9.59 Å². The summed E-state index contributed by atoms with van der Waals surface area (Å²) < 4.78 is 0. The van der Waals surface area contributed by atoms with Gasteiger partial charge in [0.25, 0.3) is 0 Å². The second-order valence-electron chi connectivity index (χ2n) is 8.02. The molecule has 0 radical (unpaired) electrons. The first-order valence-electron chi connectivity index (χ1n) is 8.81. The summed E-state index contributed by atoms with van der Waals surface area (Å²) in [6.45, 7) is 14.5. The largest absolute Gasteiger partial charge is 0.345 e. The van der Waals surface area contributed by atoms with Crippen molar-refractivity contribution in [3.63, 3.8) is 0 Å². The van der Waals surface area contributed by atoms with E-state index in [1.807, 2.05) is 48.5 Å². The number of ketones is 1. The van der Waals surface area contributed by atoms with Gasteiger partial charge in [-0.2, -0.15) is 0 Å². The fraction of sp³-hybridized carbons (Fsp3) is 0.889. The monoisotopic (exact) mass is 327 g/mol. The first-order valence-corrected chi connectivity index (χ1v) is 8.81. The minimum absolute atomic E-state index is 0.0913. The van der Waals surface area contributed by atoms with Crippen LogP contribution in [0.25, 0.3) is 0 Å². The maximum atomic E-state index is 12.7. The molecule has 0 aromatic rings. The average molecular weight is 328 g/mol. The van der Waals surface area contributed by atoms with Crippen molar-refractivity contribution in [1.82, 2.24) is 10.6 Å². The Morgan fingerprint density at radius 2 is 1.61 bits per heavy atom. The van der Waals surface area contributed by atoms with E-state index < -0.39 is 6.04 Å². The van der Waals surface area contributed by atoms with Crippen LogP contribution < -0.4 is 16.4 Å². The number of hydrogen-bond acceptors (Lipinski definition) is 4. The van der Waals surface area contributed by atoms with Crippen LogP contribution in [0.4, 0.5) is 0 Å². The molecule has 136 valence electrons. The van der Waals surface area contributed by atoms with Crippen LogP contribution in [0.1, 0.15) is 67.7 Å². The molecule has 2 atom stereocenters. The van der Waals surface area contributed by atoms with Crippen molar-refractivity contribution in [3.05, 3.63) is 0 Å². The summed E-state index contributed by atoms with van der Waals surface area (Å²) >= 11 is 0. The zero-order valence-electron chi connectivity index (χ0n) is 16.0. The lowest BCUT2D eigenvalue weighted by Gasteiger charge is -2.31. The predicted octanol–water partition coefficient (Wildman–Crippen LogP) is 2.24. The third-order valence-corrected chi connectivity index (χ3v) is 3.71. The summed E-state index contributed by atoms with van der Waals surface area (Å²) in [5, 5.41) is 6.32. The molecule has 0 spiro atoms. The lowest BCUT2D eigenvalue weighted by atomic mass is 9.95. The smallest absolute Gasteiger partial charge is 0.237 e. The van der Waals surface area contributed by atoms with Crippen LogP contribution in [0.15, 0.2) is 0 Å². The number of rotatable bonds is 10. The number of carbonyl (C=O) groups excluding carboxylic acids is 2. The molecule has 0 unspecified atom stereocenters. The van der Waals surface area contributed by atoms with E-state index in [4.69, 9.17) is 5.73 Å². The van der Waals surface area contributed by atoms with Gasteiger partial charge in [-0.25, -0.2) is 0 Å². The molecule has 4 N–H and O–H groups in total. The van der Waals surface area contributed by atoms with E-state index in [-0.39, 0.29) is 35.1 Å². The Labute approximate surface area is 142 Å². The number of amides is 1. The Balaban J connectivity index is 4.98. The molecule has 0 aliphatic carbocycles. The summed E-state index contributed by atoms with van der Waals surface area (Å²) in [5.74, 6) is 0.0506. The quantitative estimate of drug-likeness (QED) is 0.537. The molecule has 23 heavy (non-hydrogen) atoms. The first kappa shape index (κ1) is 22.1. The molecule has 0 aromatic carbocycles. The number of carbonyl (C=O) groups is 2. The minimum Gasteiger partial charge on any atom is -0.345 e. The fourth-order valence-electron chi connectivity index (χ4n) is 2.44. The van der Waals surface area contributed by atoms with Crippen molar-refractivity contribution in [3.8, 4) is 0 Å². The van der Waals surface area contributed by atoms with Crippen molar-refractivity contribution in [2.45, 2.75) is 85.4 Å². The molecule has 0 bridgehead atoms. The number of nitrogens with two attached hydrogens (primary N) is 1. The van der Waals surface area contributed by atoms with Gasteiger partial charge in [-0.15, -0.1) is 0 Å². The molecule has 5 heteroatoms. The lowest BCUT2D eigenvalue weighted by molar-refractivity contribution is -0.131. The van der Waals surface area contributed by atoms with Crippen molar-refractivity contribution in [2.24, 2.45) is 17.6 Å². The van der Waals surface area contributed by atoms with E-state index in [1.54, 1.807) is 0 Å². The third-order valence-electron chi connectivity index (χ3n) is 3.71. The maximum Gasteiger partial charge on any atom is 0.237 e. The third kappa shape index (κ3) is 9.06. The van der Waals surface area contributed by atoms with E-state index in [0.29, 0.717) is 13.0 Å². The zero-order valence-corrected chi connectivity index (χ0v) is 16.0. The van der Waals surface area contributed by atoms with Crippen LogP contribution in [-0.4, -0.2) is 35.9 Å². The molecule has 0 fully saturated rings. The number of Topliss-reactive ketones (excluding diaryl/α,β-unsaturated/α-hetero) is 1. The van der Waals surface area contributed by atoms with E-state index in [1.165, 1.54) is 0 Å². The topological polar surface area (TPSA) is 84.2 Å². The van der Waals surface area contributed by atoms with E-state index in [0.717, 1.165) is 12.8 Å². The highest BCUT2D eigenvalue weighted by Crippen LogP contribution is 2.12. The summed E-state index contributed by atoms with van der Waals surface area (Å²) in [7, 11) is 0. The van der Waals surface area contributed by atoms with E-state index in [9.17, 15) is 9.59 Å². The van der Waals surface area contributed by atoms with Crippen LogP contribution in [-0.2, 0) is 9.59 Å². The van der Waals surface area contributed by atoms with Gasteiger partial charge in [0.15, 0.2) is 5.78 Å². The highest BCUT2D eigenvalue weighted by atomic mass is 16.2. The zero-order chi connectivity index (χ0) is 18.2. The minimum atomic E-state index is -0.419. The molecule has 0 saturated carbocycles. The molecular weight excluding hydrogens is 290 g/mol. The Kier molecular flexibility index (Phi) is 9.63. The van der Waals surface area contributed by atoms with Gasteiger partial charge in [0, 0.05) is 11.5 Å². The molecule has 0 aromatic heterocycles. The summed E-state index contributed by atoms with van der Waals surface area (Å²) in [6.07, 6.45) is 2.37. The fourth-order valence-corrected chi connectivity index (χ4v) is 2.44. The molecule has 0 saturated heterocycles. The first-order chi connectivity index (χ1) is 10.5. The van der Waals surface area contributed by atoms with Crippen LogP contribution >= 0.6 is 0 Å². The standard InChI is InChI=1S/C18H37N3O2/c1-12(2)15(21-18(5,6)7)17(23)20-14(10-8-9-11-19)16(22)13(3)4/h12-15,21H,8-11,19H2,1-7H3,(H,20,23)/t14-,15-/m0/s1. The van der Waals surface area contributed by atoms with E-state index >= 15 is 0 Å². The molecule has 5 nitrogen and oxygen atoms in total. The SMILES string of the molecule is CC(C)C(=O)[C@H](CCCCN)NC(=O)[C@@H](NC(C)(C)C)C(C)C. The Morgan fingerprint density at radius 3 is 2.00 bits per heavy atom. The van der Waals surface area contributed by atoms with Gasteiger partial charge < -0.3 is 16.4 Å². The van der Waals surface area contributed by atoms with Gasteiger partial charge in [0.05, 0.1) is 12.1 Å².